The van der Waals surface area contributed by atoms with E-state index >= 15 is 0 Å². The molecule has 0 radical (unpaired) electrons. The molecule has 0 aliphatic rings. The Bertz CT molecular complexity index is 470. The van der Waals surface area contributed by atoms with Crippen molar-refractivity contribution < 1.29 is 14.6 Å². The first-order valence-corrected chi connectivity index (χ1v) is 5.03. The number of nitrogens with two attached hydrogens (primary N) is 1. The van der Waals surface area contributed by atoms with Gasteiger partial charge in [0.15, 0.2) is 0 Å². The number of rotatable bonds is 4. The summed E-state index contributed by atoms with van der Waals surface area (Å²) >= 11 is 0. The lowest BCUT2D eigenvalue weighted by atomic mass is 10.1. The van der Waals surface area contributed by atoms with Gasteiger partial charge in [-0.2, -0.15) is 5.26 Å². The molecule has 1 amide bonds. The summed E-state index contributed by atoms with van der Waals surface area (Å²) in [7, 11) is 0. The van der Waals surface area contributed by atoms with Gasteiger partial charge >= 0.3 is 0 Å². The van der Waals surface area contributed by atoms with Crippen LogP contribution in [0.4, 0.5) is 0 Å². The molecule has 0 saturated heterocycles. The molecule has 0 aliphatic carbocycles. The standard InChI is InChI=1S/C12H14N2O3/c1-12(2,16)7-17-10-8(6-13)4-3-5-9(10)11(14)15/h3-5,16H,7H2,1-2H3,(H2,14,15). The topological polar surface area (TPSA) is 96.3 Å². The first kappa shape index (κ1) is 13.0. The third-order valence-electron chi connectivity index (χ3n) is 1.97. The van der Waals surface area contributed by atoms with Crippen molar-refractivity contribution in [3.63, 3.8) is 0 Å². The van der Waals surface area contributed by atoms with E-state index in [1.165, 1.54) is 12.1 Å². The number of para-hydroxylation sites is 1. The largest absolute Gasteiger partial charge is 0.488 e. The quantitative estimate of drug-likeness (QED) is 0.805. The van der Waals surface area contributed by atoms with Gasteiger partial charge in [0.05, 0.1) is 16.7 Å². The first-order chi connectivity index (χ1) is 7.85. The number of benzene rings is 1. The average molecular weight is 234 g/mol. The third-order valence-corrected chi connectivity index (χ3v) is 1.97. The van der Waals surface area contributed by atoms with E-state index in [2.05, 4.69) is 0 Å². The zero-order valence-electron chi connectivity index (χ0n) is 9.73. The van der Waals surface area contributed by atoms with Gasteiger partial charge in [0.2, 0.25) is 0 Å². The van der Waals surface area contributed by atoms with Gasteiger partial charge in [-0.1, -0.05) is 6.07 Å². The molecular weight excluding hydrogens is 220 g/mol. The van der Waals surface area contributed by atoms with Gasteiger partial charge < -0.3 is 15.6 Å². The van der Waals surface area contributed by atoms with Crippen LogP contribution in [0, 0.1) is 11.3 Å². The number of hydrogen-bond donors (Lipinski definition) is 2. The maximum atomic E-state index is 11.2. The van der Waals surface area contributed by atoms with Crippen molar-refractivity contribution in [3.05, 3.63) is 29.3 Å². The molecule has 0 fully saturated rings. The second-order valence-corrected chi connectivity index (χ2v) is 4.26. The summed E-state index contributed by atoms with van der Waals surface area (Å²) in [6, 6.07) is 6.46. The maximum Gasteiger partial charge on any atom is 0.252 e. The highest BCUT2D eigenvalue weighted by Crippen LogP contribution is 2.24. The Balaban J connectivity index is 3.11. The van der Waals surface area contributed by atoms with Gasteiger partial charge in [-0.25, -0.2) is 0 Å². The molecule has 0 aliphatic heterocycles. The fraction of sp³-hybridized carbons (Fsp3) is 0.333. The van der Waals surface area contributed by atoms with Crippen LogP contribution >= 0.6 is 0 Å². The van der Waals surface area contributed by atoms with E-state index in [0.717, 1.165) is 0 Å². The van der Waals surface area contributed by atoms with Crippen molar-refractivity contribution in [1.29, 1.82) is 5.26 Å². The zero-order valence-corrected chi connectivity index (χ0v) is 9.73. The van der Waals surface area contributed by atoms with Crippen LogP contribution in [0.1, 0.15) is 29.8 Å². The van der Waals surface area contributed by atoms with Crippen molar-refractivity contribution in [3.8, 4) is 11.8 Å². The lowest BCUT2D eigenvalue weighted by Crippen LogP contribution is -2.29. The molecule has 0 saturated carbocycles. The number of primary amides is 1. The van der Waals surface area contributed by atoms with Crippen LogP contribution in [0.5, 0.6) is 5.75 Å². The Hall–Kier alpha value is -2.06. The van der Waals surface area contributed by atoms with E-state index in [0.29, 0.717) is 0 Å². The lowest BCUT2D eigenvalue weighted by Gasteiger charge is -2.19. The minimum atomic E-state index is -1.06. The van der Waals surface area contributed by atoms with Gasteiger partial charge in [0.25, 0.3) is 5.91 Å². The van der Waals surface area contributed by atoms with Gasteiger partial charge in [-0.3, -0.25) is 4.79 Å². The molecule has 0 aromatic heterocycles. The molecule has 3 N–H and O–H groups in total. The van der Waals surface area contributed by atoms with E-state index in [4.69, 9.17) is 15.7 Å². The number of amides is 1. The van der Waals surface area contributed by atoms with Crippen LogP contribution < -0.4 is 10.5 Å². The summed E-state index contributed by atoms with van der Waals surface area (Å²) in [6.45, 7) is 3.09. The molecule has 0 bridgehead atoms. The second kappa shape index (κ2) is 4.85. The van der Waals surface area contributed by atoms with E-state index in [1.54, 1.807) is 19.9 Å². The Morgan fingerprint density at radius 1 is 1.59 bits per heavy atom. The smallest absolute Gasteiger partial charge is 0.252 e. The number of ether oxygens (including phenoxy) is 1. The van der Waals surface area contributed by atoms with Crippen LogP contribution in [0.15, 0.2) is 18.2 Å². The predicted octanol–water partition coefficient (Wildman–Crippen LogP) is 0.807. The monoisotopic (exact) mass is 234 g/mol. The van der Waals surface area contributed by atoms with Crippen LogP contribution in [0.25, 0.3) is 0 Å². The second-order valence-electron chi connectivity index (χ2n) is 4.26. The number of aliphatic hydroxyl groups is 1. The SMILES string of the molecule is CC(C)(O)COc1c(C#N)cccc1C(N)=O. The van der Waals surface area contributed by atoms with Crippen molar-refractivity contribution in [2.45, 2.75) is 19.4 Å². The van der Waals surface area contributed by atoms with Gasteiger partial charge in [-0.05, 0) is 26.0 Å². The Morgan fingerprint density at radius 3 is 2.71 bits per heavy atom. The molecule has 1 aromatic carbocycles. The molecule has 90 valence electrons. The first-order valence-electron chi connectivity index (χ1n) is 5.03. The van der Waals surface area contributed by atoms with E-state index in [1.807, 2.05) is 6.07 Å². The summed E-state index contributed by atoms with van der Waals surface area (Å²) in [6.07, 6.45) is 0. The summed E-state index contributed by atoms with van der Waals surface area (Å²) in [4.78, 5) is 11.2. The fourth-order valence-electron chi connectivity index (χ4n) is 1.22. The number of hydrogen-bond acceptors (Lipinski definition) is 4. The summed E-state index contributed by atoms with van der Waals surface area (Å²) < 4.78 is 5.31. The van der Waals surface area contributed by atoms with Gasteiger partial charge in [0.1, 0.15) is 18.4 Å². The minimum Gasteiger partial charge on any atom is -0.488 e. The Kier molecular flexibility index (Phi) is 3.71. The van der Waals surface area contributed by atoms with Crippen molar-refractivity contribution in [2.24, 2.45) is 5.73 Å². The Morgan fingerprint density at radius 2 is 2.24 bits per heavy atom. The van der Waals surface area contributed by atoms with Crippen molar-refractivity contribution in [1.82, 2.24) is 0 Å². The highest BCUT2D eigenvalue weighted by atomic mass is 16.5. The molecule has 1 aromatic rings. The van der Waals surface area contributed by atoms with Crippen molar-refractivity contribution in [2.75, 3.05) is 6.61 Å². The lowest BCUT2D eigenvalue weighted by molar-refractivity contribution is 0.0280. The van der Waals surface area contributed by atoms with E-state index in [9.17, 15) is 9.90 Å². The van der Waals surface area contributed by atoms with Crippen LogP contribution in [-0.2, 0) is 0 Å². The molecule has 0 atom stereocenters. The van der Waals surface area contributed by atoms with E-state index < -0.39 is 11.5 Å². The summed E-state index contributed by atoms with van der Waals surface area (Å²) in [5, 5.41) is 18.5. The van der Waals surface area contributed by atoms with E-state index in [-0.39, 0.29) is 23.5 Å². The number of carbonyl (C=O) groups is 1. The molecule has 0 unspecified atom stereocenters. The molecule has 1 rings (SSSR count). The van der Waals surface area contributed by atoms with Crippen LogP contribution in [0.2, 0.25) is 0 Å². The fourth-order valence-corrected chi connectivity index (χ4v) is 1.22. The molecule has 5 nitrogen and oxygen atoms in total. The molecule has 5 heteroatoms. The number of nitriles is 1. The summed E-state index contributed by atoms with van der Waals surface area (Å²) in [5.74, 6) is -0.558. The maximum absolute atomic E-state index is 11.2. The molecule has 0 spiro atoms. The molecule has 17 heavy (non-hydrogen) atoms. The normalized spacial score (nSPS) is 10.7. The summed E-state index contributed by atoms with van der Waals surface area (Å²) in [5.41, 5.74) is 4.47. The molecular formula is C12H14N2O3. The molecule has 0 heterocycles. The third kappa shape index (κ3) is 3.47. The minimum absolute atomic E-state index is 0.0357. The highest BCUT2D eigenvalue weighted by molar-refractivity contribution is 5.96. The van der Waals surface area contributed by atoms with Crippen molar-refractivity contribution >= 4 is 5.91 Å². The zero-order chi connectivity index (χ0) is 13.1. The van der Waals surface area contributed by atoms with Crippen LogP contribution in [0.3, 0.4) is 0 Å². The van der Waals surface area contributed by atoms with Gasteiger partial charge in [0, 0.05) is 0 Å². The van der Waals surface area contributed by atoms with Crippen LogP contribution in [-0.4, -0.2) is 23.2 Å². The van der Waals surface area contributed by atoms with Gasteiger partial charge in [-0.15, -0.1) is 0 Å². The number of nitrogens with zero attached hydrogens (tertiary/aromatic N) is 1. The Labute approximate surface area is 99.4 Å². The average Bonchev–Trinajstić information content (AvgIpc) is 2.24. The number of carbonyl (C=O) groups excluding carboxylic acids is 1. The predicted molar refractivity (Wildman–Crippen MR) is 61.5 cm³/mol. The highest BCUT2D eigenvalue weighted by Gasteiger charge is 2.18.